The summed E-state index contributed by atoms with van der Waals surface area (Å²) < 4.78 is 127. The first-order valence-corrected chi connectivity index (χ1v) is 23.0. The summed E-state index contributed by atoms with van der Waals surface area (Å²) in [7, 11) is -7.45. The van der Waals surface area contributed by atoms with Crippen molar-refractivity contribution in [3.8, 4) is 11.8 Å². The van der Waals surface area contributed by atoms with E-state index in [0.717, 1.165) is 0 Å². The van der Waals surface area contributed by atoms with E-state index in [1.165, 1.54) is 45.3 Å². The molecule has 2 aromatic rings. The van der Waals surface area contributed by atoms with Gasteiger partial charge in [-0.1, -0.05) is 0 Å². The molecule has 2 aliphatic rings. The Morgan fingerprint density at radius 1 is 0.712 bits per heavy atom. The predicted octanol–water partition coefficient (Wildman–Crippen LogP) is 5.09. The van der Waals surface area contributed by atoms with Crippen molar-refractivity contribution in [1.82, 2.24) is 18.6 Å². The highest BCUT2D eigenvalue weighted by Gasteiger charge is 2.38. The number of rotatable bonds is 18. The molecule has 0 saturated carbocycles. The van der Waals surface area contributed by atoms with Crippen molar-refractivity contribution in [2.45, 2.75) is 93.7 Å². The van der Waals surface area contributed by atoms with E-state index in [-0.39, 0.29) is 116 Å². The van der Waals surface area contributed by atoms with E-state index in [4.69, 9.17) is 40.1 Å². The van der Waals surface area contributed by atoms with Gasteiger partial charge in [0.25, 0.3) is 0 Å². The molecule has 2 aliphatic heterocycles. The molecule has 0 atom stereocenters. The lowest BCUT2D eigenvalue weighted by Gasteiger charge is -2.30. The van der Waals surface area contributed by atoms with Crippen LogP contribution in [0.5, 0.6) is 11.8 Å². The number of carboxylic acids is 3. The first-order valence-electron chi connectivity index (χ1n) is 20.1. The molecule has 2 fully saturated rings. The summed E-state index contributed by atoms with van der Waals surface area (Å²) in [4.78, 5) is 50.2. The highest BCUT2D eigenvalue weighted by atomic mass is 32.2. The van der Waals surface area contributed by atoms with Crippen LogP contribution in [0.25, 0.3) is 0 Å². The molecule has 0 aliphatic carbocycles. The molecule has 2 aromatic heterocycles. The van der Waals surface area contributed by atoms with Crippen molar-refractivity contribution in [3.05, 3.63) is 60.5 Å². The van der Waals surface area contributed by atoms with Gasteiger partial charge in [0.15, 0.2) is 0 Å². The fourth-order valence-electron chi connectivity index (χ4n) is 5.99. The molecule has 19 nitrogen and oxygen atoms in total. The molecule has 0 radical (unpaired) electrons. The van der Waals surface area contributed by atoms with E-state index < -0.39 is 55.7 Å². The first kappa shape index (κ1) is 56.8. The summed E-state index contributed by atoms with van der Waals surface area (Å²) in [6.07, 6.45) is 0.236. The second kappa shape index (κ2) is 26.1. The standard InChI is InChI=1S/C22H31FN2O7S.C16H22FN3O5S.C2HF3O2/c1-22(2,3)32-21(28)7-4-17(13-23)15-31-19-6-5-18(14-24-19)33(29,30)25-10-8-16(9-11-25)12-20(26)27;17-8-13(9-18)11-25-15-2-1-14(10-19-15)26(23,24)20-5-3-12(4-6-20)7-16(21)22;3-2(4,5)1(6)7/h5-6,13-14,16H,4,7-12,15H2,1-3H3,(H,26,27);1-2,8,10,12H,3-7,9,11,18H2,(H,21,22);(H,6,7)/b;13-8+;. The van der Waals surface area contributed by atoms with E-state index >= 15 is 0 Å². The average molecular weight is 988 g/mol. The van der Waals surface area contributed by atoms with E-state index in [1.807, 2.05) is 0 Å². The maximum Gasteiger partial charge on any atom is 0.490 e. The van der Waals surface area contributed by atoms with Crippen LogP contribution in [0.4, 0.5) is 22.0 Å². The van der Waals surface area contributed by atoms with Crippen LogP contribution in [-0.4, -0.2) is 132 Å². The first-order chi connectivity index (χ1) is 30.7. The molecule has 0 spiro atoms. The van der Waals surface area contributed by atoms with Gasteiger partial charge in [0.05, 0.1) is 25.1 Å². The number of carboxylic acid groups (broad SMARTS) is 3. The Labute approximate surface area is 378 Å². The summed E-state index contributed by atoms with van der Waals surface area (Å²) in [5, 5.41) is 24.8. The summed E-state index contributed by atoms with van der Waals surface area (Å²) in [5.74, 6) is -4.71. The minimum atomic E-state index is -5.08. The summed E-state index contributed by atoms with van der Waals surface area (Å²) in [6, 6.07) is 5.52. The number of ether oxygens (including phenoxy) is 3. The quantitative estimate of drug-likeness (QED) is 0.112. The number of nitrogens with zero attached hydrogens (tertiary/aromatic N) is 4. The lowest BCUT2D eigenvalue weighted by molar-refractivity contribution is -0.192. The number of pyridine rings is 2. The number of halogens is 5. The lowest BCUT2D eigenvalue weighted by Crippen LogP contribution is -2.38. The van der Waals surface area contributed by atoms with Gasteiger partial charge in [-0.2, -0.15) is 21.8 Å². The number of aromatic nitrogens is 2. The number of aliphatic carboxylic acids is 3. The van der Waals surface area contributed by atoms with Crippen molar-refractivity contribution in [2.24, 2.45) is 17.6 Å². The van der Waals surface area contributed by atoms with Gasteiger partial charge in [0, 0.05) is 69.7 Å². The number of hydrogen-bond acceptors (Lipinski definition) is 14. The van der Waals surface area contributed by atoms with Gasteiger partial charge in [-0.05, 0) is 82.4 Å². The third kappa shape index (κ3) is 20.1. The van der Waals surface area contributed by atoms with Gasteiger partial charge in [-0.25, -0.2) is 40.4 Å². The number of esters is 1. The van der Waals surface area contributed by atoms with Gasteiger partial charge in [0.2, 0.25) is 31.8 Å². The van der Waals surface area contributed by atoms with Crippen LogP contribution in [0.15, 0.2) is 70.3 Å². The number of alkyl halides is 3. The minimum Gasteiger partial charge on any atom is -0.481 e. The molecule has 2 saturated heterocycles. The Hall–Kier alpha value is -5.31. The summed E-state index contributed by atoms with van der Waals surface area (Å²) in [5.41, 5.74) is 5.20. The Morgan fingerprint density at radius 3 is 1.38 bits per heavy atom. The Kier molecular flexibility index (Phi) is 22.5. The topological polar surface area (TPSA) is 283 Å². The molecule has 66 heavy (non-hydrogen) atoms. The molecule has 0 amide bonds. The SMILES string of the molecule is CC(C)(C)OC(=O)CCC(=CF)COc1ccc(S(=O)(=O)N2CCC(CC(=O)O)CC2)cn1.NC/C(=C\F)COc1ccc(S(=O)(=O)N2CCC(CC(=O)O)CC2)cn1.O=C(O)C(F)(F)F. The van der Waals surface area contributed by atoms with Crippen molar-refractivity contribution in [2.75, 3.05) is 45.9 Å². The lowest BCUT2D eigenvalue weighted by atomic mass is 9.95. The Balaban J connectivity index is 0.000000404. The fourth-order valence-corrected chi connectivity index (χ4v) is 8.82. The molecule has 0 unspecified atom stereocenters. The normalized spacial score (nSPS) is 16.2. The Morgan fingerprint density at radius 2 is 1.09 bits per heavy atom. The number of sulfonamides is 2. The highest BCUT2D eigenvalue weighted by molar-refractivity contribution is 7.89. The number of carbonyl (C=O) groups excluding carboxylic acids is 1. The number of carbonyl (C=O) groups is 4. The largest absolute Gasteiger partial charge is 0.490 e. The van der Waals surface area contributed by atoms with E-state index in [1.54, 1.807) is 20.8 Å². The summed E-state index contributed by atoms with van der Waals surface area (Å²) in [6.45, 7) is 6.10. The highest BCUT2D eigenvalue weighted by Crippen LogP contribution is 2.28. The predicted molar refractivity (Wildman–Crippen MR) is 223 cm³/mol. The molecule has 370 valence electrons. The van der Waals surface area contributed by atoms with E-state index in [2.05, 4.69) is 9.97 Å². The number of hydrogen-bond donors (Lipinski definition) is 4. The van der Waals surface area contributed by atoms with Gasteiger partial charge in [-0.3, -0.25) is 14.4 Å². The van der Waals surface area contributed by atoms with Gasteiger partial charge in [-0.15, -0.1) is 0 Å². The molecular formula is C40H54F5N5O14S2. The second-order valence-electron chi connectivity index (χ2n) is 15.8. The minimum absolute atomic E-state index is 0.00211. The van der Waals surface area contributed by atoms with E-state index in [0.29, 0.717) is 38.3 Å². The second-order valence-corrected chi connectivity index (χ2v) is 19.6. The van der Waals surface area contributed by atoms with Crippen molar-refractivity contribution in [3.63, 3.8) is 0 Å². The van der Waals surface area contributed by atoms with Crippen LogP contribution in [-0.2, 0) is 44.0 Å². The molecule has 0 aromatic carbocycles. The van der Waals surface area contributed by atoms with Crippen molar-refractivity contribution < 1.29 is 87.5 Å². The maximum atomic E-state index is 13.1. The number of nitrogens with two attached hydrogens (primary N) is 1. The fraction of sp³-hybridized carbons (Fsp3) is 0.550. The zero-order valence-electron chi connectivity index (χ0n) is 36.3. The van der Waals surface area contributed by atoms with Crippen LogP contribution in [0.2, 0.25) is 0 Å². The van der Waals surface area contributed by atoms with Gasteiger partial charge >= 0.3 is 30.1 Å². The van der Waals surface area contributed by atoms with Crippen LogP contribution in [0.3, 0.4) is 0 Å². The zero-order valence-corrected chi connectivity index (χ0v) is 37.9. The maximum absolute atomic E-state index is 13.1. The molecule has 0 bridgehead atoms. The van der Waals surface area contributed by atoms with Crippen LogP contribution in [0, 0.1) is 11.8 Å². The molecular weight excluding hydrogens is 934 g/mol. The Bertz CT molecular complexity index is 2190. The number of piperidine rings is 2. The van der Waals surface area contributed by atoms with Crippen molar-refractivity contribution in [1.29, 1.82) is 0 Å². The van der Waals surface area contributed by atoms with Crippen LogP contribution < -0.4 is 15.2 Å². The summed E-state index contributed by atoms with van der Waals surface area (Å²) >= 11 is 0. The van der Waals surface area contributed by atoms with Gasteiger partial charge < -0.3 is 35.3 Å². The molecule has 4 heterocycles. The van der Waals surface area contributed by atoms with Gasteiger partial charge in [0.1, 0.15) is 28.6 Å². The average Bonchev–Trinajstić information content (AvgIpc) is 3.24. The molecule has 4 rings (SSSR count). The van der Waals surface area contributed by atoms with Crippen LogP contribution in [0.1, 0.15) is 72.1 Å². The van der Waals surface area contributed by atoms with Crippen molar-refractivity contribution >= 4 is 43.9 Å². The zero-order chi connectivity index (χ0) is 49.9. The smallest absolute Gasteiger partial charge is 0.481 e. The monoisotopic (exact) mass is 987 g/mol. The molecule has 26 heteroatoms. The van der Waals surface area contributed by atoms with Crippen LogP contribution >= 0.6 is 0 Å². The van der Waals surface area contributed by atoms with E-state index in [9.17, 15) is 53.2 Å². The third-order valence-corrected chi connectivity index (χ3v) is 13.2. The third-order valence-electron chi connectivity index (χ3n) is 9.46. The molecule has 5 N–H and O–H groups in total.